The number of aryl methyl sites for hydroxylation is 1. The van der Waals surface area contributed by atoms with Crippen LogP contribution < -0.4 is 11.1 Å². The Labute approximate surface area is 185 Å². The molecule has 0 aliphatic carbocycles. The van der Waals surface area contributed by atoms with Crippen LogP contribution in [0.5, 0.6) is 0 Å². The van der Waals surface area contributed by atoms with Crippen molar-refractivity contribution < 1.29 is 4.79 Å². The highest BCUT2D eigenvalue weighted by atomic mass is 32.1. The Hall–Kier alpha value is -1.76. The van der Waals surface area contributed by atoms with Crippen LogP contribution in [0.4, 0.5) is 0 Å². The average molecular weight is 429 g/mol. The molecular formula is C24H36N4OS. The van der Waals surface area contributed by atoms with E-state index in [1.54, 1.807) is 11.3 Å². The van der Waals surface area contributed by atoms with Gasteiger partial charge in [0.2, 0.25) is 5.91 Å². The van der Waals surface area contributed by atoms with Gasteiger partial charge in [0.25, 0.3) is 0 Å². The lowest BCUT2D eigenvalue weighted by molar-refractivity contribution is -0.135. The number of aromatic nitrogens is 1. The molecule has 1 saturated heterocycles. The number of carbonyl (C=O) groups excluding carboxylic acids is 1. The summed E-state index contributed by atoms with van der Waals surface area (Å²) in [6.45, 7) is 6.31. The molecule has 0 spiro atoms. The maximum atomic E-state index is 13.4. The van der Waals surface area contributed by atoms with Gasteiger partial charge in [-0.3, -0.25) is 4.79 Å². The Balaban J connectivity index is 1.58. The Kier molecular flexibility index (Phi) is 8.42. The van der Waals surface area contributed by atoms with E-state index in [9.17, 15) is 4.79 Å². The molecule has 164 valence electrons. The smallest absolute Gasteiger partial charge is 0.239 e. The molecule has 1 fully saturated rings. The molecule has 1 amide bonds. The fraction of sp³-hybridized carbons (Fsp3) is 0.583. The molecule has 0 saturated carbocycles. The summed E-state index contributed by atoms with van der Waals surface area (Å²) in [5, 5.41) is 5.60. The average Bonchev–Trinajstić information content (AvgIpc) is 3.23. The first kappa shape index (κ1) is 22.9. The lowest BCUT2D eigenvalue weighted by atomic mass is 9.92. The van der Waals surface area contributed by atoms with Crippen molar-refractivity contribution in [2.75, 3.05) is 19.6 Å². The third-order valence-corrected chi connectivity index (χ3v) is 6.35. The van der Waals surface area contributed by atoms with Crippen molar-refractivity contribution in [3.8, 4) is 0 Å². The Morgan fingerprint density at radius 2 is 2.17 bits per heavy atom. The number of rotatable bonds is 10. The largest absolute Gasteiger partial charge is 0.341 e. The summed E-state index contributed by atoms with van der Waals surface area (Å²) in [5.41, 5.74) is 10.2. The van der Waals surface area contributed by atoms with Crippen LogP contribution in [-0.2, 0) is 17.6 Å². The van der Waals surface area contributed by atoms with Crippen molar-refractivity contribution in [1.29, 1.82) is 0 Å². The van der Waals surface area contributed by atoms with E-state index in [0.717, 1.165) is 50.9 Å². The summed E-state index contributed by atoms with van der Waals surface area (Å²) >= 11 is 1.64. The molecule has 1 aromatic heterocycles. The minimum absolute atomic E-state index is 0.172. The first-order valence-corrected chi connectivity index (χ1v) is 12.1. The zero-order chi connectivity index (χ0) is 21.4. The summed E-state index contributed by atoms with van der Waals surface area (Å²) in [6.07, 6.45) is 6.01. The molecule has 5 nitrogen and oxygen atoms in total. The zero-order valence-electron chi connectivity index (χ0n) is 18.3. The number of nitrogens with two attached hydrogens (primary N) is 1. The summed E-state index contributed by atoms with van der Waals surface area (Å²) in [7, 11) is 0. The molecule has 0 bridgehead atoms. The normalized spacial score (nSPS) is 18.4. The number of hydrogen-bond acceptors (Lipinski definition) is 5. The van der Waals surface area contributed by atoms with Gasteiger partial charge in [-0.25, -0.2) is 4.98 Å². The van der Waals surface area contributed by atoms with Gasteiger partial charge in [-0.15, -0.1) is 11.3 Å². The van der Waals surface area contributed by atoms with E-state index >= 15 is 0 Å². The van der Waals surface area contributed by atoms with Crippen LogP contribution in [0.15, 0.2) is 41.2 Å². The monoisotopic (exact) mass is 428 g/mol. The Morgan fingerprint density at radius 1 is 1.37 bits per heavy atom. The lowest BCUT2D eigenvalue weighted by Gasteiger charge is -2.36. The number of nitrogens with zero attached hydrogens (tertiary/aromatic N) is 2. The highest BCUT2D eigenvalue weighted by molar-refractivity contribution is 7.07. The number of hydrogen-bond donors (Lipinski definition) is 2. The van der Waals surface area contributed by atoms with Crippen molar-refractivity contribution in [3.05, 3.63) is 52.5 Å². The molecular weight excluding hydrogens is 392 g/mol. The summed E-state index contributed by atoms with van der Waals surface area (Å²) in [5.74, 6) is 0.732. The van der Waals surface area contributed by atoms with Crippen molar-refractivity contribution >= 4 is 17.2 Å². The van der Waals surface area contributed by atoms with E-state index < -0.39 is 0 Å². The molecule has 2 atom stereocenters. The van der Waals surface area contributed by atoms with Crippen LogP contribution in [0.25, 0.3) is 0 Å². The second kappa shape index (κ2) is 11.0. The third-order valence-electron chi connectivity index (χ3n) is 5.72. The Bertz CT molecular complexity index is 757. The highest BCUT2D eigenvalue weighted by Crippen LogP contribution is 2.22. The molecule has 1 aliphatic rings. The van der Waals surface area contributed by atoms with Gasteiger partial charge in [-0.1, -0.05) is 30.3 Å². The molecule has 3 N–H and O–H groups in total. The molecule has 2 heterocycles. The van der Waals surface area contributed by atoms with E-state index in [2.05, 4.69) is 44.8 Å². The minimum atomic E-state index is -0.340. The van der Waals surface area contributed by atoms with Crippen LogP contribution in [-0.4, -0.2) is 47.0 Å². The maximum Gasteiger partial charge on any atom is 0.239 e. The number of piperidine rings is 1. The summed E-state index contributed by atoms with van der Waals surface area (Å²) in [6, 6.07) is 10.3. The van der Waals surface area contributed by atoms with E-state index in [1.165, 1.54) is 12.0 Å². The highest BCUT2D eigenvalue weighted by Gasteiger charge is 2.29. The number of amides is 1. The standard InChI is InChI=1S/C24H36N4OS/c1-24(2,25)17-26-22(12-6-10-19-8-4-3-5-9-19)23(29)28-13-7-11-20(15-28)14-21-16-30-18-27-21/h3-5,8-9,16,18,20,22,26H,6-7,10-15,17,25H2,1-2H3. The second-order valence-corrected chi connectivity index (χ2v) is 9.99. The third kappa shape index (κ3) is 7.49. The topological polar surface area (TPSA) is 71.2 Å². The number of carbonyl (C=O) groups is 1. The molecule has 3 rings (SSSR count). The zero-order valence-corrected chi connectivity index (χ0v) is 19.2. The second-order valence-electron chi connectivity index (χ2n) is 9.28. The summed E-state index contributed by atoms with van der Waals surface area (Å²) < 4.78 is 0. The van der Waals surface area contributed by atoms with Crippen LogP contribution in [0.1, 0.15) is 50.8 Å². The number of benzene rings is 1. The first-order chi connectivity index (χ1) is 14.4. The first-order valence-electron chi connectivity index (χ1n) is 11.1. The number of thiazole rings is 1. The van der Waals surface area contributed by atoms with Gasteiger partial charge in [0.15, 0.2) is 0 Å². The summed E-state index contributed by atoms with van der Waals surface area (Å²) in [4.78, 5) is 19.9. The molecule has 1 aliphatic heterocycles. The lowest BCUT2D eigenvalue weighted by Crippen LogP contribution is -2.54. The number of nitrogens with one attached hydrogen (secondary N) is 1. The number of likely N-dealkylation sites (tertiary alicyclic amines) is 1. The fourth-order valence-corrected chi connectivity index (χ4v) is 4.71. The van der Waals surface area contributed by atoms with Gasteiger partial charge in [-0.05, 0) is 63.9 Å². The molecule has 0 radical (unpaired) electrons. The minimum Gasteiger partial charge on any atom is -0.341 e. The van der Waals surface area contributed by atoms with Gasteiger partial charge < -0.3 is 16.0 Å². The van der Waals surface area contributed by atoms with Gasteiger partial charge in [-0.2, -0.15) is 0 Å². The van der Waals surface area contributed by atoms with Crippen LogP contribution in [0.3, 0.4) is 0 Å². The van der Waals surface area contributed by atoms with Gasteiger partial charge in [0, 0.05) is 30.6 Å². The van der Waals surface area contributed by atoms with E-state index in [1.807, 2.05) is 25.4 Å². The SMILES string of the molecule is CC(C)(N)CNC(CCCc1ccccc1)C(=O)N1CCCC(Cc2cscn2)C1. The van der Waals surface area contributed by atoms with Gasteiger partial charge in [0.05, 0.1) is 17.2 Å². The van der Waals surface area contributed by atoms with E-state index in [-0.39, 0.29) is 17.5 Å². The molecule has 2 unspecified atom stereocenters. The van der Waals surface area contributed by atoms with Crippen molar-refractivity contribution in [2.45, 2.75) is 64.0 Å². The van der Waals surface area contributed by atoms with Gasteiger partial charge >= 0.3 is 0 Å². The van der Waals surface area contributed by atoms with Crippen molar-refractivity contribution in [2.24, 2.45) is 11.7 Å². The van der Waals surface area contributed by atoms with Crippen molar-refractivity contribution in [1.82, 2.24) is 15.2 Å². The fourth-order valence-electron chi connectivity index (χ4n) is 4.14. The van der Waals surface area contributed by atoms with Crippen LogP contribution in [0.2, 0.25) is 0 Å². The van der Waals surface area contributed by atoms with E-state index in [0.29, 0.717) is 12.5 Å². The maximum absolute atomic E-state index is 13.4. The predicted octanol–water partition coefficient (Wildman–Crippen LogP) is 3.64. The Morgan fingerprint density at radius 3 is 2.87 bits per heavy atom. The van der Waals surface area contributed by atoms with Crippen LogP contribution in [0, 0.1) is 5.92 Å². The quantitative estimate of drug-likeness (QED) is 0.606. The molecule has 30 heavy (non-hydrogen) atoms. The molecule has 6 heteroatoms. The predicted molar refractivity (Wildman–Crippen MR) is 125 cm³/mol. The van der Waals surface area contributed by atoms with Crippen molar-refractivity contribution in [3.63, 3.8) is 0 Å². The van der Waals surface area contributed by atoms with Crippen LogP contribution >= 0.6 is 11.3 Å². The van der Waals surface area contributed by atoms with Gasteiger partial charge in [0.1, 0.15) is 0 Å². The molecule has 2 aromatic rings. The molecule has 1 aromatic carbocycles. The van der Waals surface area contributed by atoms with E-state index in [4.69, 9.17) is 5.73 Å².